The number of nitrogens with one attached hydrogen (secondary N) is 1. The molecule has 1 heterocycles. The summed E-state index contributed by atoms with van der Waals surface area (Å²) < 4.78 is 119. The monoisotopic (exact) mass is 587 g/mol. The van der Waals surface area contributed by atoms with Crippen LogP contribution in [-0.4, -0.2) is 9.55 Å². The quantitative estimate of drug-likeness (QED) is 0.263. The number of aromatic nitrogens is 2. The average Bonchev–Trinajstić information content (AvgIpc) is 2.68. The second-order valence-electron chi connectivity index (χ2n) is 7.12. The third kappa shape index (κ3) is 6.58. The van der Waals surface area contributed by atoms with Crippen molar-refractivity contribution in [3.05, 3.63) is 48.8 Å². The number of rotatable bonds is 7. The summed E-state index contributed by atoms with van der Waals surface area (Å²) in [7, 11) is 0. The Morgan fingerprint density at radius 2 is 1.59 bits per heavy atom. The average molecular weight is 589 g/mol. The third-order valence-electron chi connectivity index (χ3n) is 4.57. The molecular weight excluding hydrogens is 573 g/mol. The van der Waals surface area contributed by atoms with E-state index in [2.05, 4.69) is 20.9 Å². The van der Waals surface area contributed by atoms with E-state index in [1.807, 2.05) is 12.2 Å². The SMILES string of the molecule is CCCCCCn1c(Nc2cc(C(F)(F)F)cc(C(F)(F)F)c2Br)nc(C(F)(F)F)c(Cl)c1=O. The number of anilines is 2. The van der Waals surface area contributed by atoms with Crippen molar-refractivity contribution in [3.8, 4) is 0 Å². The molecule has 34 heavy (non-hydrogen) atoms. The summed E-state index contributed by atoms with van der Waals surface area (Å²) >= 11 is 8.10. The molecule has 2 aromatic rings. The minimum atomic E-state index is -5.24. The summed E-state index contributed by atoms with van der Waals surface area (Å²) in [5.74, 6) is -0.911. The molecule has 0 atom stereocenters. The van der Waals surface area contributed by atoms with E-state index in [1.165, 1.54) is 0 Å². The number of benzene rings is 1. The Bertz CT molecular complexity index is 1090. The Balaban J connectivity index is 2.73. The van der Waals surface area contributed by atoms with Gasteiger partial charge in [-0.3, -0.25) is 9.36 Å². The van der Waals surface area contributed by atoms with Crippen LogP contribution in [0.25, 0.3) is 0 Å². The van der Waals surface area contributed by atoms with Crippen molar-refractivity contribution in [3.63, 3.8) is 0 Å². The zero-order valence-electron chi connectivity index (χ0n) is 17.2. The fourth-order valence-electron chi connectivity index (χ4n) is 2.92. The van der Waals surface area contributed by atoms with Gasteiger partial charge >= 0.3 is 18.5 Å². The third-order valence-corrected chi connectivity index (χ3v) is 5.76. The van der Waals surface area contributed by atoms with Gasteiger partial charge < -0.3 is 5.32 Å². The normalized spacial score (nSPS) is 12.8. The van der Waals surface area contributed by atoms with Crippen molar-refractivity contribution in [2.75, 3.05) is 5.32 Å². The number of alkyl halides is 9. The van der Waals surface area contributed by atoms with Crippen LogP contribution in [0, 0.1) is 0 Å². The lowest BCUT2D eigenvalue weighted by Gasteiger charge is -2.20. The first-order valence-corrected chi connectivity index (χ1v) is 10.8. The highest BCUT2D eigenvalue weighted by Crippen LogP contribution is 2.44. The van der Waals surface area contributed by atoms with E-state index in [9.17, 15) is 44.3 Å². The van der Waals surface area contributed by atoms with E-state index < -0.39 is 62.0 Å². The molecular formula is C19H16BrClF9N3O. The number of halogens is 11. The van der Waals surface area contributed by atoms with Crippen molar-refractivity contribution in [2.45, 2.75) is 57.7 Å². The molecule has 0 fully saturated rings. The number of hydrogen-bond donors (Lipinski definition) is 1. The van der Waals surface area contributed by atoms with Crippen LogP contribution in [-0.2, 0) is 25.1 Å². The molecule has 0 spiro atoms. The van der Waals surface area contributed by atoms with Crippen LogP contribution in [0.15, 0.2) is 21.4 Å². The summed E-state index contributed by atoms with van der Waals surface area (Å²) in [6.07, 6.45) is -13.3. The molecule has 0 bridgehead atoms. The molecule has 1 N–H and O–H groups in total. The van der Waals surface area contributed by atoms with E-state index in [-0.39, 0.29) is 25.1 Å². The summed E-state index contributed by atoms with van der Waals surface area (Å²) in [5, 5.41) is 0.763. The first kappa shape index (κ1) is 28.3. The molecule has 0 saturated heterocycles. The predicted octanol–water partition coefficient (Wildman–Crippen LogP) is 8.04. The second-order valence-corrected chi connectivity index (χ2v) is 8.29. The van der Waals surface area contributed by atoms with Crippen molar-refractivity contribution in [1.82, 2.24) is 9.55 Å². The van der Waals surface area contributed by atoms with Gasteiger partial charge in [0.15, 0.2) is 5.69 Å². The van der Waals surface area contributed by atoms with E-state index in [0.29, 0.717) is 17.4 Å². The Kier molecular flexibility index (Phi) is 8.60. The predicted molar refractivity (Wildman–Crippen MR) is 110 cm³/mol. The highest BCUT2D eigenvalue weighted by molar-refractivity contribution is 9.10. The van der Waals surface area contributed by atoms with Crippen LogP contribution < -0.4 is 10.9 Å². The number of hydrogen-bond acceptors (Lipinski definition) is 3. The molecule has 1 aromatic heterocycles. The Labute approximate surface area is 200 Å². The van der Waals surface area contributed by atoms with Gasteiger partial charge in [-0.05, 0) is 34.5 Å². The molecule has 0 aliphatic heterocycles. The molecule has 15 heteroatoms. The van der Waals surface area contributed by atoms with Crippen molar-refractivity contribution in [2.24, 2.45) is 0 Å². The molecule has 4 nitrogen and oxygen atoms in total. The fraction of sp³-hybridized carbons (Fsp3) is 0.474. The summed E-state index contributed by atoms with van der Waals surface area (Å²) in [4.78, 5) is 15.8. The van der Waals surface area contributed by atoms with Gasteiger partial charge in [-0.25, -0.2) is 4.98 Å². The van der Waals surface area contributed by atoms with E-state index in [1.54, 1.807) is 0 Å². The molecule has 190 valence electrons. The maximum absolute atomic E-state index is 13.3. The molecule has 0 unspecified atom stereocenters. The van der Waals surface area contributed by atoms with Gasteiger partial charge in [0.25, 0.3) is 5.56 Å². The standard InChI is InChI=1S/C19H16BrClF9N3O/c1-2-3-4-5-6-33-15(34)13(21)14(19(28,29)30)32-16(33)31-11-8-9(17(22,23)24)7-10(12(11)20)18(25,26)27/h7-8H,2-6H2,1H3,(H,31,32). The highest BCUT2D eigenvalue weighted by atomic mass is 79.9. The van der Waals surface area contributed by atoms with Crippen LogP contribution in [0.5, 0.6) is 0 Å². The highest BCUT2D eigenvalue weighted by Gasteiger charge is 2.40. The van der Waals surface area contributed by atoms with Crippen molar-refractivity contribution >= 4 is 39.2 Å². The van der Waals surface area contributed by atoms with E-state index in [4.69, 9.17) is 11.6 Å². The smallest absolute Gasteiger partial charge is 0.324 e. The minimum Gasteiger partial charge on any atom is -0.324 e. The molecule has 1 aromatic carbocycles. The summed E-state index contributed by atoms with van der Waals surface area (Å²) in [6.45, 7) is 1.65. The molecule has 0 amide bonds. The molecule has 0 saturated carbocycles. The topological polar surface area (TPSA) is 46.9 Å². The summed E-state index contributed by atoms with van der Waals surface area (Å²) in [5.41, 5.74) is -7.52. The minimum absolute atomic E-state index is 0.149. The fourth-order valence-corrected chi connectivity index (χ4v) is 3.73. The lowest BCUT2D eigenvalue weighted by molar-refractivity contribution is -0.143. The van der Waals surface area contributed by atoms with Crippen molar-refractivity contribution in [1.29, 1.82) is 0 Å². The van der Waals surface area contributed by atoms with Gasteiger partial charge in [0, 0.05) is 6.54 Å². The number of nitrogens with zero attached hydrogens (tertiary/aromatic N) is 2. The van der Waals surface area contributed by atoms with E-state index >= 15 is 0 Å². The van der Waals surface area contributed by atoms with Crippen LogP contribution >= 0.6 is 27.5 Å². The molecule has 0 aliphatic rings. The van der Waals surface area contributed by atoms with Crippen LogP contribution in [0.3, 0.4) is 0 Å². The van der Waals surface area contributed by atoms with Crippen LogP contribution in [0.2, 0.25) is 5.02 Å². The number of unbranched alkanes of at least 4 members (excludes halogenated alkanes) is 3. The largest absolute Gasteiger partial charge is 0.435 e. The van der Waals surface area contributed by atoms with E-state index in [0.717, 1.165) is 6.42 Å². The first-order valence-electron chi connectivity index (χ1n) is 9.61. The van der Waals surface area contributed by atoms with Gasteiger partial charge in [0.05, 0.1) is 21.3 Å². The molecule has 0 aliphatic carbocycles. The lowest BCUT2D eigenvalue weighted by atomic mass is 10.1. The Hall–Kier alpha value is -1.96. The maximum Gasteiger partial charge on any atom is 0.435 e. The maximum atomic E-state index is 13.3. The zero-order valence-corrected chi connectivity index (χ0v) is 19.5. The molecule has 0 radical (unpaired) electrons. The zero-order chi connectivity index (χ0) is 26.1. The summed E-state index contributed by atoms with van der Waals surface area (Å²) in [6, 6.07) is 0.109. The van der Waals surface area contributed by atoms with Gasteiger partial charge in [-0.1, -0.05) is 37.8 Å². The van der Waals surface area contributed by atoms with Crippen LogP contribution in [0.1, 0.15) is 49.4 Å². The van der Waals surface area contributed by atoms with Gasteiger partial charge in [-0.2, -0.15) is 39.5 Å². The van der Waals surface area contributed by atoms with Gasteiger partial charge in [0.2, 0.25) is 5.95 Å². The second kappa shape index (κ2) is 10.3. The van der Waals surface area contributed by atoms with Crippen molar-refractivity contribution < 1.29 is 39.5 Å². The first-order chi connectivity index (χ1) is 15.5. The van der Waals surface area contributed by atoms with Crippen LogP contribution in [0.4, 0.5) is 51.1 Å². The Morgan fingerprint density at radius 3 is 2.09 bits per heavy atom. The molecule has 2 rings (SSSR count). The van der Waals surface area contributed by atoms with Gasteiger partial charge in [-0.15, -0.1) is 0 Å². The lowest BCUT2D eigenvalue weighted by Crippen LogP contribution is -2.29. The Morgan fingerprint density at radius 1 is 0.971 bits per heavy atom. The van der Waals surface area contributed by atoms with Gasteiger partial charge in [0.1, 0.15) is 5.02 Å².